The van der Waals surface area contributed by atoms with E-state index in [-0.39, 0.29) is 24.2 Å². The SMILES string of the molecule is COC(=O)CCn1c(N)nc2ccc(F)cc21. The number of ether oxygens (including phenoxy) is 1. The lowest BCUT2D eigenvalue weighted by atomic mass is 10.3. The summed E-state index contributed by atoms with van der Waals surface area (Å²) in [5.41, 5.74) is 6.89. The van der Waals surface area contributed by atoms with Gasteiger partial charge in [0.15, 0.2) is 0 Å². The molecule has 2 aromatic rings. The van der Waals surface area contributed by atoms with Crippen molar-refractivity contribution < 1.29 is 13.9 Å². The molecule has 0 aliphatic heterocycles. The van der Waals surface area contributed by atoms with E-state index in [0.717, 1.165) is 0 Å². The minimum absolute atomic E-state index is 0.169. The maximum absolute atomic E-state index is 13.1. The second-order valence-corrected chi connectivity index (χ2v) is 3.58. The number of nitrogens with zero attached hydrogens (tertiary/aromatic N) is 2. The largest absolute Gasteiger partial charge is 0.469 e. The van der Waals surface area contributed by atoms with Crippen LogP contribution in [0.25, 0.3) is 11.0 Å². The summed E-state index contributed by atoms with van der Waals surface area (Å²) in [6.07, 6.45) is 0.169. The van der Waals surface area contributed by atoms with Gasteiger partial charge >= 0.3 is 5.97 Å². The Hall–Kier alpha value is -2.11. The van der Waals surface area contributed by atoms with Gasteiger partial charge in [-0.25, -0.2) is 9.37 Å². The summed E-state index contributed by atoms with van der Waals surface area (Å²) < 4.78 is 19.2. The predicted molar refractivity (Wildman–Crippen MR) is 60.7 cm³/mol. The Morgan fingerprint density at radius 2 is 2.35 bits per heavy atom. The molecule has 17 heavy (non-hydrogen) atoms. The zero-order valence-electron chi connectivity index (χ0n) is 9.31. The fraction of sp³-hybridized carbons (Fsp3) is 0.273. The van der Waals surface area contributed by atoms with Crippen LogP contribution >= 0.6 is 0 Å². The van der Waals surface area contributed by atoms with Crippen molar-refractivity contribution >= 4 is 23.0 Å². The monoisotopic (exact) mass is 237 g/mol. The van der Waals surface area contributed by atoms with Crippen LogP contribution in [0.3, 0.4) is 0 Å². The molecule has 0 unspecified atom stereocenters. The van der Waals surface area contributed by atoms with Crippen molar-refractivity contribution in [1.82, 2.24) is 9.55 Å². The third-order valence-electron chi connectivity index (χ3n) is 2.51. The van der Waals surface area contributed by atoms with Crippen molar-refractivity contribution in [2.75, 3.05) is 12.8 Å². The number of nitrogens with two attached hydrogens (primary N) is 1. The molecule has 6 heteroatoms. The molecular formula is C11H12FN3O2. The van der Waals surface area contributed by atoms with E-state index < -0.39 is 0 Å². The Balaban J connectivity index is 2.35. The molecule has 0 amide bonds. The van der Waals surface area contributed by atoms with E-state index in [4.69, 9.17) is 5.73 Å². The standard InChI is InChI=1S/C11H12FN3O2/c1-17-10(16)4-5-15-9-6-7(12)2-3-8(9)14-11(15)13/h2-3,6H,4-5H2,1H3,(H2,13,14). The number of rotatable bonds is 3. The molecule has 1 aromatic heterocycles. The van der Waals surface area contributed by atoms with Crippen LogP contribution in [0.5, 0.6) is 0 Å². The summed E-state index contributed by atoms with van der Waals surface area (Å²) in [6, 6.07) is 4.21. The first-order valence-corrected chi connectivity index (χ1v) is 5.10. The third kappa shape index (κ3) is 2.20. The van der Waals surface area contributed by atoms with Gasteiger partial charge in [-0.2, -0.15) is 0 Å². The number of hydrogen-bond acceptors (Lipinski definition) is 4. The Kier molecular flexibility index (Phi) is 2.95. The summed E-state index contributed by atoms with van der Waals surface area (Å²) in [5, 5.41) is 0. The number of esters is 1. The number of aromatic nitrogens is 2. The number of hydrogen-bond donors (Lipinski definition) is 1. The maximum Gasteiger partial charge on any atom is 0.307 e. The molecule has 0 spiro atoms. The predicted octanol–water partition coefficient (Wildman–Crippen LogP) is 1.32. The van der Waals surface area contributed by atoms with Gasteiger partial charge in [0.1, 0.15) is 5.82 Å². The second kappa shape index (κ2) is 4.40. The first-order valence-electron chi connectivity index (χ1n) is 5.10. The van der Waals surface area contributed by atoms with Gasteiger partial charge in [0.2, 0.25) is 5.95 Å². The Bertz CT molecular complexity index is 565. The first kappa shape index (κ1) is 11.4. The van der Waals surface area contributed by atoms with Crippen molar-refractivity contribution in [3.05, 3.63) is 24.0 Å². The van der Waals surface area contributed by atoms with E-state index in [9.17, 15) is 9.18 Å². The topological polar surface area (TPSA) is 70.1 Å². The van der Waals surface area contributed by atoms with Crippen LogP contribution in [-0.4, -0.2) is 22.6 Å². The van der Waals surface area contributed by atoms with E-state index in [2.05, 4.69) is 9.72 Å². The van der Waals surface area contributed by atoms with Crippen LogP contribution < -0.4 is 5.73 Å². The zero-order valence-corrected chi connectivity index (χ0v) is 9.31. The van der Waals surface area contributed by atoms with Crippen LogP contribution in [0.1, 0.15) is 6.42 Å². The molecule has 2 N–H and O–H groups in total. The number of nitrogen functional groups attached to an aromatic ring is 1. The number of imidazole rings is 1. The lowest BCUT2D eigenvalue weighted by molar-refractivity contribution is -0.140. The van der Waals surface area contributed by atoms with Gasteiger partial charge in [-0.05, 0) is 18.2 Å². The first-order chi connectivity index (χ1) is 8.11. The molecule has 0 bridgehead atoms. The lowest BCUT2D eigenvalue weighted by Gasteiger charge is -2.05. The maximum atomic E-state index is 13.1. The Labute approximate surface area is 97.0 Å². The molecule has 0 radical (unpaired) electrons. The number of aryl methyl sites for hydroxylation is 1. The van der Waals surface area contributed by atoms with Crippen LogP contribution in [0.2, 0.25) is 0 Å². The molecule has 1 aromatic carbocycles. The van der Waals surface area contributed by atoms with Crippen LogP contribution in [0.15, 0.2) is 18.2 Å². The van der Waals surface area contributed by atoms with Gasteiger partial charge in [0.25, 0.3) is 0 Å². The smallest absolute Gasteiger partial charge is 0.307 e. The van der Waals surface area contributed by atoms with Crippen molar-refractivity contribution in [2.45, 2.75) is 13.0 Å². The third-order valence-corrected chi connectivity index (χ3v) is 2.51. The quantitative estimate of drug-likeness (QED) is 0.817. The summed E-state index contributed by atoms with van der Waals surface area (Å²) in [7, 11) is 1.32. The van der Waals surface area contributed by atoms with E-state index >= 15 is 0 Å². The summed E-state index contributed by atoms with van der Waals surface area (Å²) in [6.45, 7) is 0.318. The van der Waals surface area contributed by atoms with Gasteiger partial charge in [-0.1, -0.05) is 0 Å². The minimum Gasteiger partial charge on any atom is -0.469 e. The molecule has 0 aliphatic carbocycles. The van der Waals surface area contributed by atoms with Crippen molar-refractivity contribution in [2.24, 2.45) is 0 Å². The van der Waals surface area contributed by atoms with Gasteiger partial charge in [-0.3, -0.25) is 4.79 Å². The normalized spacial score (nSPS) is 10.7. The second-order valence-electron chi connectivity index (χ2n) is 3.58. The number of carbonyl (C=O) groups is 1. The summed E-state index contributed by atoms with van der Waals surface area (Å²) in [5.74, 6) is -0.450. The highest BCUT2D eigenvalue weighted by Gasteiger charge is 2.10. The minimum atomic E-state index is -0.364. The molecule has 0 aliphatic rings. The highest BCUT2D eigenvalue weighted by Crippen LogP contribution is 2.19. The molecule has 0 saturated heterocycles. The van der Waals surface area contributed by atoms with Crippen molar-refractivity contribution in [1.29, 1.82) is 0 Å². The number of benzene rings is 1. The molecule has 1 heterocycles. The number of fused-ring (bicyclic) bond motifs is 1. The molecule has 0 atom stereocenters. The molecule has 5 nitrogen and oxygen atoms in total. The van der Waals surface area contributed by atoms with Gasteiger partial charge in [0.05, 0.1) is 24.6 Å². The fourth-order valence-corrected chi connectivity index (χ4v) is 1.65. The van der Waals surface area contributed by atoms with E-state index in [1.165, 1.54) is 19.2 Å². The van der Waals surface area contributed by atoms with Crippen molar-refractivity contribution in [3.63, 3.8) is 0 Å². The fourth-order valence-electron chi connectivity index (χ4n) is 1.65. The number of methoxy groups -OCH3 is 1. The van der Waals surface area contributed by atoms with Crippen molar-refractivity contribution in [3.8, 4) is 0 Å². The summed E-state index contributed by atoms with van der Waals surface area (Å²) >= 11 is 0. The van der Waals surface area contributed by atoms with Crippen LogP contribution in [0, 0.1) is 5.82 Å². The molecule has 0 fully saturated rings. The average molecular weight is 237 g/mol. The summed E-state index contributed by atoms with van der Waals surface area (Å²) in [4.78, 5) is 15.1. The molecule has 90 valence electrons. The zero-order chi connectivity index (χ0) is 12.4. The Morgan fingerprint density at radius 1 is 1.59 bits per heavy atom. The Morgan fingerprint density at radius 3 is 3.06 bits per heavy atom. The van der Waals surface area contributed by atoms with E-state index in [1.54, 1.807) is 10.6 Å². The highest BCUT2D eigenvalue weighted by atomic mass is 19.1. The number of carbonyl (C=O) groups excluding carboxylic acids is 1. The number of halogens is 1. The van der Waals surface area contributed by atoms with Gasteiger partial charge < -0.3 is 15.0 Å². The van der Waals surface area contributed by atoms with Gasteiger partial charge in [0, 0.05) is 6.54 Å². The lowest BCUT2D eigenvalue weighted by Crippen LogP contribution is -2.09. The molecular weight excluding hydrogens is 225 g/mol. The average Bonchev–Trinajstić information content (AvgIpc) is 2.61. The van der Waals surface area contributed by atoms with E-state index in [1.807, 2.05) is 0 Å². The molecule has 2 rings (SSSR count). The van der Waals surface area contributed by atoms with Gasteiger partial charge in [-0.15, -0.1) is 0 Å². The molecule has 0 saturated carbocycles. The van der Waals surface area contributed by atoms with E-state index in [0.29, 0.717) is 17.6 Å². The van der Waals surface area contributed by atoms with Crippen LogP contribution in [0.4, 0.5) is 10.3 Å². The number of anilines is 1. The van der Waals surface area contributed by atoms with Crippen LogP contribution in [-0.2, 0) is 16.1 Å². The highest BCUT2D eigenvalue weighted by molar-refractivity contribution is 5.78.